The highest BCUT2D eigenvalue weighted by molar-refractivity contribution is 8.00. The fourth-order valence-corrected chi connectivity index (χ4v) is 5.80. The first kappa shape index (κ1) is 21.5. The summed E-state index contributed by atoms with van der Waals surface area (Å²) >= 11 is 9.00. The third-order valence-electron chi connectivity index (χ3n) is 5.27. The van der Waals surface area contributed by atoms with E-state index in [0.717, 1.165) is 47.4 Å². The monoisotopic (exact) mass is 463 g/mol. The number of fused-ring (bicyclic) bond motifs is 1. The van der Waals surface area contributed by atoms with Gasteiger partial charge in [-0.3, -0.25) is 9.69 Å². The lowest BCUT2D eigenvalue weighted by atomic mass is 9.97. The average molecular weight is 464 g/mol. The highest BCUT2D eigenvalue weighted by atomic mass is 32.2. The Morgan fingerprint density at radius 3 is 2.83 bits per heavy atom. The van der Waals surface area contributed by atoms with Crippen LogP contribution < -0.4 is 0 Å². The van der Waals surface area contributed by atoms with Crippen LogP contribution >= 0.6 is 35.3 Å². The summed E-state index contributed by atoms with van der Waals surface area (Å²) < 4.78 is 12.0. The van der Waals surface area contributed by atoms with Gasteiger partial charge in [-0.2, -0.15) is 5.10 Å². The van der Waals surface area contributed by atoms with Crippen LogP contribution in [0.1, 0.15) is 25.6 Å². The predicted octanol–water partition coefficient (Wildman–Crippen LogP) is 4.09. The molecule has 2 aromatic heterocycles. The minimum Gasteiger partial charge on any atom is -0.466 e. The zero-order chi connectivity index (χ0) is 21.1. The van der Waals surface area contributed by atoms with E-state index in [4.69, 9.17) is 22.1 Å². The number of nitrogens with zero attached hydrogens (tertiary/aromatic N) is 5. The molecule has 0 radical (unpaired) electrons. The van der Waals surface area contributed by atoms with E-state index < -0.39 is 0 Å². The lowest BCUT2D eigenvalue weighted by Gasteiger charge is -2.30. The van der Waals surface area contributed by atoms with Crippen molar-refractivity contribution in [1.29, 1.82) is 0 Å². The van der Waals surface area contributed by atoms with Crippen LogP contribution in [-0.4, -0.2) is 49.9 Å². The maximum Gasteiger partial charge on any atom is 0.309 e. The zero-order valence-electron chi connectivity index (χ0n) is 17.1. The van der Waals surface area contributed by atoms with Crippen molar-refractivity contribution < 1.29 is 9.53 Å². The van der Waals surface area contributed by atoms with Crippen LogP contribution in [0.3, 0.4) is 0 Å². The molecule has 0 aliphatic carbocycles. The van der Waals surface area contributed by atoms with Gasteiger partial charge in [0.15, 0.2) is 9.11 Å². The number of thioether (sulfide) groups is 1. The van der Waals surface area contributed by atoms with Gasteiger partial charge in [0, 0.05) is 20.1 Å². The van der Waals surface area contributed by atoms with Crippen molar-refractivity contribution in [3.8, 4) is 0 Å². The summed E-state index contributed by atoms with van der Waals surface area (Å²) in [4.78, 5) is 18.9. The Labute approximate surface area is 189 Å². The highest BCUT2D eigenvalue weighted by Gasteiger charge is 2.26. The minimum atomic E-state index is -0.0687. The van der Waals surface area contributed by atoms with Gasteiger partial charge in [0.05, 0.1) is 35.2 Å². The fraction of sp³-hybridized carbons (Fsp3) is 0.500. The first-order valence-electron chi connectivity index (χ1n) is 10.0. The Morgan fingerprint density at radius 1 is 1.33 bits per heavy atom. The molecular weight excluding hydrogens is 438 g/mol. The van der Waals surface area contributed by atoms with Crippen LogP contribution in [0.2, 0.25) is 0 Å². The summed E-state index contributed by atoms with van der Waals surface area (Å²) in [5.41, 5.74) is 1.04. The second-order valence-electron chi connectivity index (χ2n) is 7.28. The zero-order valence-corrected chi connectivity index (χ0v) is 19.6. The molecule has 0 saturated carbocycles. The van der Waals surface area contributed by atoms with E-state index in [2.05, 4.69) is 16.0 Å². The second kappa shape index (κ2) is 9.59. The SMILES string of the molecule is CCOC(=O)C1CCN(Cn2nc(CSc3nc4ccccc4s3)n(C)c2=S)CC1. The number of piperidine rings is 1. The van der Waals surface area contributed by atoms with Crippen LogP contribution in [0.15, 0.2) is 28.6 Å². The molecule has 3 aromatic rings. The van der Waals surface area contributed by atoms with E-state index in [1.54, 1.807) is 23.1 Å². The topological polar surface area (TPSA) is 65.2 Å². The number of carbonyl (C=O) groups excluding carboxylic acids is 1. The lowest BCUT2D eigenvalue weighted by molar-refractivity contribution is -0.149. The summed E-state index contributed by atoms with van der Waals surface area (Å²) in [5.74, 6) is 1.60. The first-order valence-corrected chi connectivity index (χ1v) is 12.3. The maximum absolute atomic E-state index is 11.9. The summed E-state index contributed by atoms with van der Waals surface area (Å²) in [5, 5.41) is 4.75. The summed E-state index contributed by atoms with van der Waals surface area (Å²) in [6.07, 6.45) is 1.64. The molecular formula is C20H25N5O2S3. The molecule has 0 unspecified atom stereocenters. The Kier molecular flexibility index (Phi) is 6.87. The van der Waals surface area contributed by atoms with Crippen LogP contribution in [-0.2, 0) is 29.0 Å². The number of likely N-dealkylation sites (tertiary alicyclic amines) is 1. The normalized spacial score (nSPS) is 15.7. The van der Waals surface area contributed by atoms with Gasteiger partial charge in [-0.25, -0.2) is 9.67 Å². The van der Waals surface area contributed by atoms with Crippen LogP contribution in [0.5, 0.6) is 0 Å². The molecule has 0 amide bonds. The minimum absolute atomic E-state index is 0.0127. The van der Waals surface area contributed by atoms with Crippen molar-refractivity contribution >= 4 is 51.5 Å². The van der Waals surface area contributed by atoms with Gasteiger partial charge in [-0.1, -0.05) is 23.9 Å². The summed E-state index contributed by atoms with van der Waals surface area (Å²) in [6.45, 7) is 4.63. The van der Waals surface area contributed by atoms with Gasteiger partial charge in [-0.15, -0.1) is 11.3 Å². The number of thiazole rings is 1. The number of ether oxygens (including phenoxy) is 1. The molecule has 7 nitrogen and oxygen atoms in total. The van der Waals surface area contributed by atoms with Crippen LogP contribution in [0, 0.1) is 10.7 Å². The van der Waals surface area contributed by atoms with Crippen LogP contribution in [0.4, 0.5) is 0 Å². The molecule has 0 spiro atoms. The molecule has 10 heteroatoms. The Morgan fingerprint density at radius 2 is 2.10 bits per heavy atom. The Balaban J connectivity index is 1.36. The molecule has 4 rings (SSSR count). The summed E-state index contributed by atoms with van der Waals surface area (Å²) in [6, 6.07) is 8.18. The van der Waals surface area contributed by atoms with Crippen molar-refractivity contribution in [2.75, 3.05) is 19.7 Å². The lowest BCUT2D eigenvalue weighted by Crippen LogP contribution is -2.38. The van der Waals surface area contributed by atoms with E-state index in [9.17, 15) is 4.79 Å². The molecule has 1 fully saturated rings. The van der Waals surface area contributed by atoms with E-state index in [0.29, 0.717) is 18.0 Å². The van der Waals surface area contributed by atoms with Crippen molar-refractivity contribution in [2.24, 2.45) is 13.0 Å². The van der Waals surface area contributed by atoms with Gasteiger partial charge in [0.1, 0.15) is 5.82 Å². The molecule has 30 heavy (non-hydrogen) atoms. The average Bonchev–Trinajstić information content (AvgIpc) is 3.29. The van der Waals surface area contributed by atoms with E-state index in [1.807, 2.05) is 41.4 Å². The summed E-state index contributed by atoms with van der Waals surface area (Å²) in [7, 11) is 1.97. The number of benzene rings is 1. The molecule has 0 N–H and O–H groups in total. The number of hydrogen-bond donors (Lipinski definition) is 0. The molecule has 160 valence electrons. The standard InChI is InChI=1S/C20H25N5O2S3/c1-3-27-18(26)14-8-10-24(11-9-14)13-25-20(28)23(2)17(22-25)12-29-19-21-15-6-4-5-7-16(15)30-19/h4-7,14H,3,8-13H2,1-2H3. The van der Waals surface area contributed by atoms with E-state index in [1.165, 1.54) is 4.70 Å². The predicted molar refractivity (Wildman–Crippen MR) is 122 cm³/mol. The van der Waals surface area contributed by atoms with Crippen molar-refractivity contribution in [3.05, 3.63) is 34.9 Å². The van der Waals surface area contributed by atoms with Gasteiger partial charge < -0.3 is 9.30 Å². The van der Waals surface area contributed by atoms with Gasteiger partial charge in [0.2, 0.25) is 0 Å². The van der Waals surface area contributed by atoms with Crippen molar-refractivity contribution in [2.45, 2.75) is 36.5 Å². The van der Waals surface area contributed by atoms with E-state index >= 15 is 0 Å². The molecule has 3 heterocycles. The van der Waals surface area contributed by atoms with Crippen molar-refractivity contribution in [1.82, 2.24) is 24.2 Å². The number of rotatable bonds is 7. The number of carbonyl (C=O) groups is 1. The molecule has 1 aliphatic rings. The van der Waals surface area contributed by atoms with Gasteiger partial charge in [0.25, 0.3) is 0 Å². The number of aromatic nitrogens is 4. The Bertz CT molecular complexity index is 1050. The molecule has 1 saturated heterocycles. The maximum atomic E-state index is 11.9. The largest absolute Gasteiger partial charge is 0.466 e. The Hall–Kier alpha value is -1.75. The molecule has 1 aromatic carbocycles. The number of esters is 1. The van der Waals surface area contributed by atoms with Crippen molar-refractivity contribution in [3.63, 3.8) is 0 Å². The van der Waals surface area contributed by atoms with Gasteiger partial charge in [-0.05, 0) is 44.1 Å². The third kappa shape index (κ3) is 4.77. The first-order chi connectivity index (χ1) is 14.5. The molecule has 0 bridgehead atoms. The molecule has 0 atom stereocenters. The van der Waals surface area contributed by atoms with Gasteiger partial charge >= 0.3 is 5.97 Å². The highest BCUT2D eigenvalue weighted by Crippen LogP contribution is 2.31. The smallest absolute Gasteiger partial charge is 0.309 e. The van der Waals surface area contributed by atoms with Crippen LogP contribution in [0.25, 0.3) is 10.2 Å². The van der Waals surface area contributed by atoms with E-state index in [-0.39, 0.29) is 11.9 Å². The quantitative estimate of drug-likeness (QED) is 0.297. The number of para-hydroxylation sites is 1. The fourth-order valence-electron chi connectivity index (χ4n) is 3.55. The third-order valence-corrected chi connectivity index (χ3v) is 7.93. The number of hydrogen-bond acceptors (Lipinski definition) is 8. The molecule has 1 aliphatic heterocycles. The second-order valence-corrected chi connectivity index (χ2v) is 9.90.